The lowest BCUT2D eigenvalue weighted by molar-refractivity contribution is 0.0504. The second kappa shape index (κ2) is 6.75. The average molecular weight is 280 g/mol. The molecule has 5 heteroatoms. The van der Waals surface area contributed by atoms with Gasteiger partial charge in [-0.15, -0.1) is 6.58 Å². The van der Waals surface area contributed by atoms with Gasteiger partial charge in [-0.3, -0.25) is 0 Å². The van der Waals surface area contributed by atoms with Crippen LogP contribution in [-0.2, 0) is 4.43 Å². The quantitative estimate of drug-likeness (QED) is 0.512. The summed E-state index contributed by atoms with van der Waals surface area (Å²) in [4.78, 5) is 0. The standard InChI is InChI=1S/C13H23F3OSi/c1-4-7-18(9-11(14)13(15)16)8-5-6-12(17-18)10(2)3/h4,10-13H,1,5-9H2,2-3H3. The molecule has 18 heavy (non-hydrogen) atoms. The highest BCUT2D eigenvalue weighted by Gasteiger charge is 2.43. The molecular formula is C13H23F3OSi. The summed E-state index contributed by atoms with van der Waals surface area (Å²) in [5, 5.41) is 0. The minimum Gasteiger partial charge on any atom is -0.413 e. The number of allylic oxidation sites excluding steroid dienone is 1. The van der Waals surface area contributed by atoms with Crippen LogP contribution in [0.1, 0.15) is 26.7 Å². The third-order valence-electron chi connectivity index (χ3n) is 3.62. The molecule has 0 saturated carbocycles. The molecule has 1 fully saturated rings. The second-order valence-corrected chi connectivity index (χ2v) is 9.44. The Morgan fingerprint density at radius 1 is 1.39 bits per heavy atom. The summed E-state index contributed by atoms with van der Waals surface area (Å²) >= 11 is 0. The first-order valence-corrected chi connectivity index (χ1v) is 9.14. The molecule has 0 spiro atoms. The predicted molar refractivity (Wildman–Crippen MR) is 70.2 cm³/mol. The summed E-state index contributed by atoms with van der Waals surface area (Å²) in [5.74, 6) is 0.353. The van der Waals surface area contributed by atoms with Crippen LogP contribution < -0.4 is 0 Å². The molecule has 0 aromatic carbocycles. The van der Waals surface area contributed by atoms with Crippen molar-refractivity contribution < 1.29 is 17.6 Å². The van der Waals surface area contributed by atoms with Crippen LogP contribution in [0.2, 0.25) is 18.1 Å². The van der Waals surface area contributed by atoms with Gasteiger partial charge in [-0.25, -0.2) is 13.2 Å². The summed E-state index contributed by atoms with van der Waals surface area (Å²) in [6.45, 7) is 7.78. The lowest BCUT2D eigenvalue weighted by Crippen LogP contribution is -2.48. The van der Waals surface area contributed by atoms with Gasteiger partial charge in [0.25, 0.3) is 6.43 Å². The fourth-order valence-corrected chi connectivity index (χ4v) is 6.81. The minimum absolute atomic E-state index is 0.0928. The van der Waals surface area contributed by atoms with Gasteiger partial charge in [0, 0.05) is 12.1 Å². The maximum Gasteiger partial charge on any atom is 0.269 e. The molecular weight excluding hydrogens is 257 g/mol. The Bertz CT molecular complexity index is 269. The van der Waals surface area contributed by atoms with Gasteiger partial charge >= 0.3 is 0 Å². The molecule has 1 saturated heterocycles. The van der Waals surface area contributed by atoms with Gasteiger partial charge in [-0.05, 0) is 24.4 Å². The van der Waals surface area contributed by atoms with E-state index >= 15 is 0 Å². The molecule has 0 aromatic rings. The number of hydrogen-bond acceptors (Lipinski definition) is 1. The van der Waals surface area contributed by atoms with Crippen molar-refractivity contribution in [2.45, 2.75) is 63.5 Å². The lowest BCUT2D eigenvalue weighted by atomic mass is 10.0. The Morgan fingerprint density at radius 2 is 2.06 bits per heavy atom. The van der Waals surface area contributed by atoms with Crippen LogP contribution in [0, 0.1) is 5.92 Å². The van der Waals surface area contributed by atoms with Crippen molar-refractivity contribution in [1.29, 1.82) is 0 Å². The van der Waals surface area contributed by atoms with E-state index in [0.717, 1.165) is 18.9 Å². The number of alkyl halides is 3. The minimum atomic E-state index is -2.90. The smallest absolute Gasteiger partial charge is 0.269 e. The summed E-state index contributed by atoms with van der Waals surface area (Å²) in [6.07, 6.45) is -1.25. The van der Waals surface area contributed by atoms with E-state index in [1.54, 1.807) is 6.08 Å². The van der Waals surface area contributed by atoms with Crippen molar-refractivity contribution in [1.82, 2.24) is 0 Å². The highest BCUT2D eigenvalue weighted by Crippen LogP contribution is 2.37. The zero-order valence-electron chi connectivity index (χ0n) is 11.2. The van der Waals surface area contributed by atoms with Crippen LogP contribution in [0.4, 0.5) is 13.2 Å². The molecule has 1 heterocycles. The van der Waals surface area contributed by atoms with Crippen LogP contribution in [-0.4, -0.2) is 27.0 Å². The Balaban J connectivity index is 2.75. The van der Waals surface area contributed by atoms with E-state index in [9.17, 15) is 13.2 Å². The van der Waals surface area contributed by atoms with Gasteiger partial charge in [-0.2, -0.15) is 0 Å². The fraction of sp³-hybridized carbons (Fsp3) is 0.846. The fourth-order valence-electron chi connectivity index (χ4n) is 2.63. The van der Waals surface area contributed by atoms with Crippen molar-refractivity contribution in [3.05, 3.63) is 12.7 Å². The Labute approximate surface area is 109 Å². The maximum atomic E-state index is 13.4. The second-order valence-electron chi connectivity index (χ2n) is 5.52. The molecule has 1 rings (SSSR count). The number of hydrogen-bond donors (Lipinski definition) is 0. The van der Waals surface area contributed by atoms with Gasteiger partial charge < -0.3 is 4.43 Å². The van der Waals surface area contributed by atoms with Crippen LogP contribution in [0.3, 0.4) is 0 Å². The van der Waals surface area contributed by atoms with Gasteiger partial charge in [0.15, 0.2) is 14.5 Å². The van der Waals surface area contributed by atoms with E-state index < -0.39 is 20.9 Å². The predicted octanol–water partition coefficient (Wildman–Crippen LogP) is 4.56. The monoisotopic (exact) mass is 280 g/mol. The van der Waals surface area contributed by atoms with Crippen molar-refractivity contribution >= 4 is 8.32 Å². The topological polar surface area (TPSA) is 9.23 Å². The maximum absolute atomic E-state index is 13.4. The van der Waals surface area contributed by atoms with Gasteiger partial charge in [-0.1, -0.05) is 26.3 Å². The molecule has 0 bridgehead atoms. The third-order valence-corrected chi connectivity index (χ3v) is 7.86. The number of rotatable bonds is 6. The highest BCUT2D eigenvalue weighted by atomic mass is 28.4. The molecule has 0 N–H and O–H groups in total. The molecule has 0 aromatic heterocycles. The molecule has 3 atom stereocenters. The van der Waals surface area contributed by atoms with E-state index in [-0.39, 0.29) is 12.1 Å². The van der Waals surface area contributed by atoms with E-state index in [1.165, 1.54) is 0 Å². The Kier molecular flexibility index (Phi) is 5.91. The van der Waals surface area contributed by atoms with Crippen molar-refractivity contribution in [2.75, 3.05) is 0 Å². The Hall–Kier alpha value is -0.293. The summed E-state index contributed by atoms with van der Waals surface area (Å²) in [7, 11) is -2.41. The normalized spacial score (nSPS) is 30.7. The van der Waals surface area contributed by atoms with Gasteiger partial charge in [0.05, 0.1) is 0 Å². The lowest BCUT2D eigenvalue weighted by Gasteiger charge is -2.41. The largest absolute Gasteiger partial charge is 0.413 e. The van der Waals surface area contributed by atoms with Crippen molar-refractivity contribution in [2.24, 2.45) is 5.92 Å². The third kappa shape index (κ3) is 4.12. The highest BCUT2D eigenvalue weighted by molar-refractivity contribution is 6.74. The average Bonchev–Trinajstić information content (AvgIpc) is 2.29. The van der Waals surface area contributed by atoms with E-state index in [0.29, 0.717) is 12.0 Å². The molecule has 1 aliphatic rings. The first-order chi connectivity index (χ1) is 8.40. The zero-order chi connectivity index (χ0) is 13.8. The summed E-state index contributed by atoms with van der Waals surface area (Å²) in [6, 6.07) is 1.25. The molecule has 1 nitrogen and oxygen atoms in total. The Morgan fingerprint density at radius 3 is 2.56 bits per heavy atom. The van der Waals surface area contributed by atoms with Gasteiger partial charge in [0.2, 0.25) is 0 Å². The van der Waals surface area contributed by atoms with Crippen molar-refractivity contribution in [3.63, 3.8) is 0 Å². The number of halogens is 3. The van der Waals surface area contributed by atoms with Crippen LogP contribution in [0.15, 0.2) is 12.7 Å². The molecule has 1 aliphatic heterocycles. The van der Waals surface area contributed by atoms with Crippen molar-refractivity contribution in [3.8, 4) is 0 Å². The van der Waals surface area contributed by atoms with Gasteiger partial charge in [0.1, 0.15) is 0 Å². The molecule has 3 unspecified atom stereocenters. The zero-order valence-corrected chi connectivity index (χ0v) is 12.2. The SMILES string of the molecule is C=CC[Si]1(CC(F)C(F)F)CCCC(C(C)C)O1. The first-order valence-electron chi connectivity index (χ1n) is 6.61. The summed E-state index contributed by atoms with van der Waals surface area (Å²) in [5.41, 5.74) is 0. The van der Waals surface area contributed by atoms with E-state index in [2.05, 4.69) is 20.4 Å². The molecule has 0 aliphatic carbocycles. The van der Waals surface area contributed by atoms with Crippen LogP contribution in [0.25, 0.3) is 0 Å². The van der Waals surface area contributed by atoms with Crippen LogP contribution >= 0.6 is 0 Å². The summed E-state index contributed by atoms with van der Waals surface area (Å²) < 4.78 is 44.3. The van der Waals surface area contributed by atoms with E-state index in [4.69, 9.17) is 4.43 Å². The molecule has 106 valence electrons. The first kappa shape index (κ1) is 15.8. The molecule has 0 radical (unpaired) electrons. The molecule has 0 amide bonds. The van der Waals surface area contributed by atoms with Crippen LogP contribution in [0.5, 0.6) is 0 Å². The van der Waals surface area contributed by atoms with E-state index in [1.807, 2.05) is 0 Å².